The van der Waals surface area contributed by atoms with Crippen LogP contribution in [0.2, 0.25) is 0 Å². The molecular weight excluding hydrogens is 279 g/mol. The fraction of sp³-hybridized carbons (Fsp3) is 0.400. The van der Waals surface area contributed by atoms with Gasteiger partial charge in [-0.1, -0.05) is 49.3 Å². The number of aliphatic hydroxyl groups is 2. The summed E-state index contributed by atoms with van der Waals surface area (Å²) in [4.78, 5) is 0. The topological polar surface area (TPSA) is 40.5 Å². The first-order chi connectivity index (χ1) is 5.97. The van der Waals surface area contributed by atoms with E-state index in [0.29, 0.717) is 5.57 Å². The second-order valence-electron chi connectivity index (χ2n) is 2.10. The van der Waals surface area contributed by atoms with Crippen LogP contribution in [-0.4, -0.2) is 14.6 Å². The third-order valence-electron chi connectivity index (χ3n) is 0.682. The van der Waals surface area contributed by atoms with Crippen LogP contribution >= 0.6 is 22.6 Å². The zero-order valence-electron chi connectivity index (χ0n) is 8.39. The average molecular weight is 298 g/mol. The van der Waals surface area contributed by atoms with E-state index in [1.54, 1.807) is 6.92 Å². The molecule has 0 radical (unpaired) electrons. The molecule has 0 saturated carbocycles. The Bertz CT molecular complexity index is 128. The van der Waals surface area contributed by atoms with E-state index >= 15 is 0 Å². The van der Waals surface area contributed by atoms with E-state index in [-0.39, 0.29) is 5.76 Å². The first-order valence-corrected chi connectivity index (χ1v) is 5.35. The number of rotatable bonds is 2. The number of hydrogen-bond donors (Lipinski definition) is 2. The van der Waals surface area contributed by atoms with Crippen molar-refractivity contribution in [2.24, 2.45) is 0 Å². The molecule has 0 saturated heterocycles. The van der Waals surface area contributed by atoms with Crippen molar-refractivity contribution in [1.82, 2.24) is 0 Å². The lowest BCUT2D eigenvalue weighted by molar-refractivity contribution is 0.427. The highest BCUT2D eigenvalue weighted by Gasteiger charge is 1.80. The van der Waals surface area contributed by atoms with E-state index in [1.165, 1.54) is 10.8 Å². The Morgan fingerprint density at radius 2 is 1.62 bits per heavy atom. The zero-order valence-corrected chi connectivity index (χ0v) is 10.5. The molecule has 0 unspecified atom stereocenters. The Morgan fingerprint density at radius 1 is 1.46 bits per heavy atom. The van der Waals surface area contributed by atoms with Gasteiger partial charge in [0.25, 0.3) is 0 Å². The molecule has 0 heterocycles. The molecule has 0 amide bonds. The molecule has 3 heteroatoms. The highest BCUT2D eigenvalue weighted by molar-refractivity contribution is 14.1. The van der Waals surface area contributed by atoms with Gasteiger partial charge in [-0.2, -0.15) is 0 Å². The van der Waals surface area contributed by atoms with Gasteiger partial charge in [-0.15, -0.1) is 0 Å². The highest BCUT2D eigenvalue weighted by Crippen LogP contribution is 1.94. The molecule has 0 aromatic heterocycles. The minimum absolute atomic E-state index is 0.0648. The van der Waals surface area contributed by atoms with Gasteiger partial charge in [0.15, 0.2) is 0 Å². The third-order valence-corrected chi connectivity index (χ3v) is 1.76. The fourth-order valence-corrected chi connectivity index (χ4v) is 0. The molecule has 0 spiro atoms. The molecule has 0 aliphatic carbocycles. The largest absolute Gasteiger partial charge is 0.516 e. The Kier molecular flexibility index (Phi) is 24.8. The number of hydrogen-bond acceptors (Lipinski definition) is 2. The van der Waals surface area contributed by atoms with Gasteiger partial charge in [0, 0.05) is 0 Å². The molecule has 0 aliphatic rings. The molecule has 0 aromatic carbocycles. The van der Waals surface area contributed by atoms with E-state index in [9.17, 15) is 0 Å². The van der Waals surface area contributed by atoms with Gasteiger partial charge in [0.1, 0.15) is 5.76 Å². The number of alkyl halides is 1. The number of aliphatic hydroxyl groups excluding tert-OH is 2. The predicted octanol–water partition coefficient (Wildman–Crippen LogP) is 4.15. The van der Waals surface area contributed by atoms with Crippen molar-refractivity contribution in [1.29, 1.82) is 0 Å². The lowest BCUT2D eigenvalue weighted by Gasteiger charge is -1.87. The third kappa shape index (κ3) is 50.9. The highest BCUT2D eigenvalue weighted by atomic mass is 127. The van der Waals surface area contributed by atoms with Gasteiger partial charge >= 0.3 is 0 Å². The molecule has 0 aromatic rings. The second kappa shape index (κ2) is 17.6. The molecular formula is C10H19IO2. The normalized spacial score (nSPS) is 6.69. The van der Waals surface area contributed by atoms with E-state index in [0.717, 1.165) is 6.26 Å². The van der Waals surface area contributed by atoms with Crippen LogP contribution in [0.1, 0.15) is 20.3 Å². The molecule has 2 N–H and O–H groups in total. The standard InChI is InChI=1S/C5H8O.C3H7I.C2H4O/c1-4(2)5(3)6;1-2-3-4;1-2-3/h6H,1,3H2,2H3;2-3H2,1H3;2-3H,1H2. The summed E-state index contributed by atoms with van der Waals surface area (Å²) in [5.74, 6) is 0.0648. The zero-order chi connectivity index (χ0) is 11.3. The maximum Gasteiger partial charge on any atom is 0.110 e. The number of allylic oxidation sites excluding steroid dienone is 1. The molecule has 78 valence electrons. The van der Waals surface area contributed by atoms with Gasteiger partial charge in [-0.25, -0.2) is 0 Å². The van der Waals surface area contributed by atoms with Crippen LogP contribution in [0, 0.1) is 0 Å². The molecule has 13 heavy (non-hydrogen) atoms. The summed E-state index contributed by atoms with van der Waals surface area (Å²) in [7, 11) is 0. The smallest absolute Gasteiger partial charge is 0.110 e. The second-order valence-corrected chi connectivity index (χ2v) is 3.18. The van der Waals surface area contributed by atoms with Crippen molar-refractivity contribution < 1.29 is 10.2 Å². The average Bonchev–Trinajstić information content (AvgIpc) is 2.06. The summed E-state index contributed by atoms with van der Waals surface area (Å²) < 4.78 is 1.29. The minimum Gasteiger partial charge on any atom is -0.516 e. The van der Waals surface area contributed by atoms with Crippen LogP contribution in [0.15, 0.2) is 37.3 Å². The first kappa shape index (κ1) is 18.4. The van der Waals surface area contributed by atoms with Crippen LogP contribution in [0.3, 0.4) is 0 Å². The van der Waals surface area contributed by atoms with Crippen LogP contribution in [0.4, 0.5) is 0 Å². The Hall–Kier alpha value is -0.450. The van der Waals surface area contributed by atoms with Gasteiger partial charge < -0.3 is 10.2 Å². The van der Waals surface area contributed by atoms with E-state index in [4.69, 9.17) is 10.2 Å². The van der Waals surface area contributed by atoms with Gasteiger partial charge in [0.05, 0.1) is 6.26 Å². The molecule has 0 rings (SSSR count). The minimum atomic E-state index is 0.0648. The summed E-state index contributed by atoms with van der Waals surface area (Å²) in [6.07, 6.45) is 2.06. The fourth-order valence-electron chi connectivity index (χ4n) is 0. The molecule has 2 nitrogen and oxygen atoms in total. The van der Waals surface area contributed by atoms with E-state index in [2.05, 4.69) is 49.3 Å². The predicted molar refractivity (Wildman–Crippen MR) is 68.6 cm³/mol. The van der Waals surface area contributed by atoms with Crippen molar-refractivity contribution in [3.63, 3.8) is 0 Å². The SMILES string of the molecule is C=C(C)C(=C)O.C=CO.CCCI. The van der Waals surface area contributed by atoms with Crippen molar-refractivity contribution in [3.05, 3.63) is 37.3 Å². The summed E-state index contributed by atoms with van der Waals surface area (Å²) in [5.41, 5.74) is 0.620. The molecule has 0 bridgehead atoms. The molecule has 0 fully saturated rings. The van der Waals surface area contributed by atoms with Gasteiger partial charge in [-0.3, -0.25) is 0 Å². The van der Waals surface area contributed by atoms with Gasteiger partial charge in [0.2, 0.25) is 0 Å². The van der Waals surface area contributed by atoms with Gasteiger partial charge in [-0.05, 0) is 23.3 Å². The van der Waals surface area contributed by atoms with Crippen LogP contribution in [-0.2, 0) is 0 Å². The Balaban J connectivity index is -0.000000125. The van der Waals surface area contributed by atoms with Crippen molar-refractivity contribution >= 4 is 22.6 Å². The van der Waals surface area contributed by atoms with Crippen molar-refractivity contribution in [2.45, 2.75) is 20.3 Å². The summed E-state index contributed by atoms with van der Waals surface area (Å²) in [6.45, 7) is 13.4. The molecule has 0 aliphatic heterocycles. The van der Waals surface area contributed by atoms with Crippen molar-refractivity contribution in [2.75, 3.05) is 4.43 Å². The van der Waals surface area contributed by atoms with Crippen LogP contribution in [0.25, 0.3) is 0 Å². The lowest BCUT2D eigenvalue weighted by Crippen LogP contribution is -1.73. The maximum absolute atomic E-state index is 8.34. The van der Waals surface area contributed by atoms with E-state index in [1.807, 2.05) is 0 Å². The lowest BCUT2D eigenvalue weighted by atomic mass is 10.3. The van der Waals surface area contributed by atoms with E-state index < -0.39 is 0 Å². The Labute approximate surface area is 94.8 Å². The quantitative estimate of drug-likeness (QED) is 0.348. The van der Waals surface area contributed by atoms with Crippen LogP contribution < -0.4 is 0 Å². The monoisotopic (exact) mass is 298 g/mol. The number of halogens is 1. The maximum atomic E-state index is 8.34. The van der Waals surface area contributed by atoms with Crippen molar-refractivity contribution in [3.8, 4) is 0 Å². The summed E-state index contributed by atoms with van der Waals surface area (Å²) >= 11 is 2.35. The Morgan fingerprint density at radius 3 is 1.62 bits per heavy atom. The summed E-state index contributed by atoms with van der Waals surface area (Å²) in [5, 5.41) is 15.7. The van der Waals surface area contributed by atoms with Crippen LogP contribution in [0.5, 0.6) is 0 Å². The molecule has 0 atom stereocenters. The first-order valence-electron chi connectivity index (χ1n) is 3.82. The summed E-state index contributed by atoms with van der Waals surface area (Å²) in [6, 6.07) is 0.